The van der Waals surface area contributed by atoms with Crippen molar-refractivity contribution in [1.29, 1.82) is 0 Å². The van der Waals surface area contributed by atoms with E-state index in [1.807, 2.05) is 12.1 Å². The molecule has 0 spiro atoms. The largest absolute Gasteiger partial charge is 0.490 e. The van der Waals surface area contributed by atoms with E-state index in [4.69, 9.17) is 16.3 Å². The van der Waals surface area contributed by atoms with Gasteiger partial charge in [0.05, 0.1) is 6.61 Å². The van der Waals surface area contributed by atoms with Gasteiger partial charge in [-0.3, -0.25) is 0 Å². The van der Waals surface area contributed by atoms with Crippen LogP contribution in [0.5, 0.6) is 5.75 Å². The van der Waals surface area contributed by atoms with Gasteiger partial charge in [-0.2, -0.15) is 0 Å². The van der Waals surface area contributed by atoms with Gasteiger partial charge in [0.25, 0.3) is 0 Å². The van der Waals surface area contributed by atoms with Crippen molar-refractivity contribution in [3.8, 4) is 5.75 Å². The van der Waals surface area contributed by atoms with Crippen molar-refractivity contribution in [3.05, 3.63) is 23.5 Å². The van der Waals surface area contributed by atoms with Gasteiger partial charge in [0, 0.05) is 6.20 Å². The van der Waals surface area contributed by atoms with Crippen molar-refractivity contribution in [1.82, 2.24) is 4.98 Å². The summed E-state index contributed by atoms with van der Waals surface area (Å²) in [6.45, 7) is 3.00. The number of ether oxygens (including phenoxy) is 1. The summed E-state index contributed by atoms with van der Waals surface area (Å²) in [7, 11) is 0. The quantitative estimate of drug-likeness (QED) is 0.347. The van der Waals surface area contributed by atoms with Crippen molar-refractivity contribution in [2.24, 2.45) is 0 Å². The van der Waals surface area contributed by atoms with Crippen molar-refractivity contribution < 1.29 is 4.74 Å². The maximum Gasteiger partial charge on any atom is 0.171 e. The molecule has 1 rings (SSSR count). The Balaban J connectivity index is 1.87. The molecule has 1 heterocycles. The standard InChI is InChI=1S/C17H28ClNO/c1-2-3-4-5-6-7-8-9-10-11-15-20-16-13-12-14-19-17(16)18/h12-14H,2-11,15H2,1H3. The predicted octanol–water partition coefficient (Wildman–Crippen LogP) is 6.03. The molecule has 0 saturated heterocycles. The molecule has 0 aliphatic carbocycles. The summed E-state index contributed by atoms with van der Waals surface area (Å²) in [6, 6.07) is 3.71. The zero-order chi connectivity index (χ0) is 14.5. The molecule has 1 aromatic rings. The van der Waals surface area contributed by atoms with Crippen molar-refractivity contribution >= 4 is 11.6 Å². The van der Waals surface area contributed by atoms with E-state index < -0.39 is 0 Å². The molecular weight excluding hydrogens is 270 g/mol. The molecule has 114 valence electrons. The highest BCUT2D eigenvalue weighted by Gasteiger charge is 2.00. The Hall–Kier alpha value is -0.760. The average Bonchev–Trinajstić information content (AvgIpc) is 2.46. The van der Waals surface area contributed by atoms with Gasteiger partial charge in [0.2, 0.25) is 0 Å². The number of nitrogens with zero attached hydrogens (tertiary/aromatic N) is 1. The topological polar surface area (TPSA) is 22.1 Å². The Labute approximate surface area is 128 Å². The number of hydrogen-bond acceptors (Lipinski definition) is 2. The molecule has 0 bridgehead atoms. The average molecular weight is 298 g/mol. The van der Waals surface area contributed by atoms with Crippen LogP contribution >= 0.6 is 11.6 Å². The van der Waals surface area contributed by atoms with E-state index >= 15 is 0 Å². The molecule has 1 aromatic heterocycles. The van der Waals surface area contributed by atoms with Crippen LogP contribution in [0.15, 0.2) is 18.3 Å². The fraction of sp³-hybridized carbons (Fsp3) is 0.706. The van der Waals surface area contributed by atoms with E-state index in [9.17, 15) is 0 Å². The first-order chi connectivity index (χ1) is 9.84. The molecule has 3 heteroatoms. The van der Waals surface area contributed by atoms with E-state index in [0.717, 1.165) is 13.0 Å². The summed E-state index contributed by atoms with van der Waals surface area (Å²) in [5, 5.41) is 0.458. The number of rotatable bonds is 12. The van der Waals surface area contributed by atoms with Gasteiger partial charge < -0.3 is 4.74 Å². The third-order valence-corrected chi connectivity index (χ3v) is 3.76. The normalized spacial score (nSPS) is 10.7. The second-order valence-electron chi connectivity index (χ2n) is 5.32. The van der Waals surface area contributed by atoms with Crippen LogP contribution in [0, 0.1) is 0 Å². The summed E-state index contributed by atoms with van der Waals surface area (Å²) >= 11 is 5.92. The summed E-state index contributed by atoms with van der Waals surface area (Å²) < 4.78 is 5.61. The number of hydrogen-bond donors (Lipinski definition) is 0. The molecule has 20 heavy (non-hydrogen) atoms. The van der Waals surface area contributed by atoms with Crippen LogP contribution in [0.25, 0.3) is 0 Å². The van der Waals surface area contributed by atoms with Crippen LogP contribution < -0.4 is 4.74 Å². The first-order valence-corrected chi connectivity index (χ1v) is 8.45. The summed E-state index contributed by atoms with van der Waals surface area (Å²) in [4.78, 5) is 3.99. The highest BCUT2D eigenvalue weighted by molar-refractivity contribution is 6.30. The first kappa shape index (κ1) is 17.3. The minimum absolute atomic E-state index is 0.458. The summed E-state index contributed by atoms with van der Waals surface area (Å²) in [5.41, 5.74) is 0. The van der Waals surface area contributed by atoms with Gasteiger partial charge in [-0.25, -0.2) is 4.98 Å². The number of aromatic nitrogens is 1. The van der Waals surface area contributed by atoms with Gasteiger partial charge in [0.15, 0.2) is 10.9 Å². The Morgan fingerprint density at radius 3 is 2.15 bits per heavy atom. The fourth-order valence-electron chi connectivity index (χ4n) is 2.25. The van der Waals surface area contributed by atoms with E-state index in [1.54, 1.807) is 6.20 Å². The molecule has 0 fully saturated rings. The predicted molar refractivity (Wildman–Crippen MR) is 86.6 cm³/mol. The van der Waals surface area contributed by atoms with Gasteiger partial charge in [-0.15, -0.1) is 0 Å². The van der Waals surface area contributed by atoms with E-state index in [0.29, 0.717) is 10.9 Å². The van der Waals surface area contributed by atoms with Crippen LogP contribution in [0.3, 0.4) is 0 Å². The van der Waals surface area contributed by atoms with Crippen LogP contribution in [-0.2, 0) is 0 Å². The SMILES string of the molecule is CCCCCCCCCCCCOc1cccnc1Cl. The van der Waals surface area contributed by atoms with Gasteiger partial charge in [0.1, 0.15) is 0 Å². The van der Waals surface area contributed by atoms with E-state index in [1.165, 1.54) is 57.8 Å². The molecule has 0 aliphatic rings. The first-order valence-electron chi connectivity index (χ1n) is 8.08. The Bertz CT molecular complexity index is 344. The zero-order valence-corrected chi connectivity index (χ0v) is 13.5. The van der Waals surface area contributed by atoms with Crippen molar-refractivity contribution in [3.63, 3.8) is 0 Å². The molecule has 0 aromatic carbocycles. The smallest absolute Gasteiger partial charge is 0.171 e. The number of pyridine rings is 1. The molecule has 0 N–H and O–H groups in total. The number of unbranched alkanes of at least 4 members (excludes halogenated alkanes) is 9. The third kappa shape index (κ3) is 8.42. The monoisotopic (exact) mass is 297 g/mol. The fourth-order valence-corrected chi connectivity index (χ4v) is 2.42. The van der Waals surface area contributed by atoms with Gasteiger partial charge in [-0.05, 0) is 18.6 Å². The van der Waals surface area contributed by atoms with Crippen LogP contribution in [0.1, 0.15) is 71.1 Å². The maximum absolute atomic E-state index is 5.92. The van der Waals surface area contributed by atoms with E-state index in [-0.39, 0.29) is 0 Å². The van der Waals surface area contributed by atoms with Crippen LogP contribution in [0.4, 0.5) is 0 Å². The molecule has 0 saturated carbocycles. The molecule has 0 radical (unpaired) electrons. The highest BCUT2D eigenvalue weighted by atomic mass is 35.5. The Morgan fingerprint density at radius 1 is 0.950 bits per heavy atom. The van der Waals surface area contributed by atoms with Crippen molar-refractivity contribution in [2.45, 2.75) is 71.1 Å². The Kier molecular flexibility index (Phi) is 10.4. The molecule has 2 nitrogen and oxygen atoms in total. The lowest BCUT2D eigenvalue weighted by Gasteiger charge is -2.06. The van der Waals surface area contributed by atoms with Crippen LogP contribution in [0.2, 0.25) is 5.15 Å². The van der Waals surface area contributed by atoms with Crippen LogP contribution in [-0.4, -0.2) is 11.6 Å². The zero-order valence-electron chi connectivity index (χ0n) is 12.7. The highest BCUT2D eigenvalue weighted by Crippen LogP contribution is 2.20. The minimum atomic E-state index is 0.458. The minimum Gasteiger partial charge on any atom is -0.490 e. The summed E-state index contributed by atoms with van der Waals surface area (Å²) in [6.07, 6.45) is 15.0. The molecule has 0 aliphatic heterocycles. The molecule has 0 amide bonds. The lowest BCUT2D eigenvalue weighted by molar-refractivity contribution is 0.303. The lowest BCUT2D eigenvalue weighted by Crippen LogP contribution is -1.98. The third-order valence-electron chi connectivity index (χ3n) is 3.48. The maximum atomic E-state index is 5.92. The van der Waals surface area contributed by atoms with Crippen molar-refractivity contribution in [2.75, 3.05) is 6.61 Å². The lowest BCUT2D eigenvalue weighted by atomic mass is 10.1. The Morgan fingerprint density at radius 2 is 1.55 bits per heavy atom. The molecular formula is C17H28ClNO. The van der Waals surface area contributed by atoms with Gasteiger partial charge >= 0.3 is 0 Å². The second-order valence-corrected chi connectivity index (χ2v) is 5.68. The van der Waals surface area contributed by atoms with Gasteiger partial charge in [-0.1, -0.05) is 76.3 Å². The summed E-state index contributed by atoms with van der Waals surface area (Å²) in [5.74, 6) is 0.699. The molecule has 0 unspecified atom stereocenters. The number of halogens is 1. The molecule has 0 atom stereocenters. The van der Waals surface area contributed by atoms with E-state index in [2.05, 4.69) is 11.9 Å². The second kappa shape index (κ2) is 12.0.